The van der Waals surface area contributed by atoms with Gasteiger partial charge in [-0.3, -0.25) is 9.78 Å². The smallest absolute Gasteiger partial charge is 0.257 e. The number of amides is 1. The molecule has 0 unspecified atom stereocenters. The molecule has 1 aromatic rings. The van der Waals surface area contributed by atoms with Gasteiger partial charge in [-0.25, -0.2) is 0 Å². The summed E-state index contributed by atoms with van der Waals surface area (Å²) in [5, 5.41) is 2.64. The van der Waals surface area contributed by atoms with Crippen molar-refractivity contribution in [3.63, 3.8) is 0 Å². The van der Waals surface area contributed by atoms with Crippen molar-refractivity contribution in [2.24, 2.45) is 5.73 Å². The summed E-state index contributed by atoms with van der Waals surface area (Å²) in [5.74, 6) is 0.499. The minimum Gasteiger partial charge on any atom is -0.482 e. The van der Waals surface area contributed by atoms with Gasteiger partial charge in [0.2, 0.25) is 0 Å². The molecule has 94 valence electrons. The SMILES string of the molecule is CCc1nc(C)ccc1OCC(=O)NCCN. The Morgan fingerprint density at radius 3 is 2.94 bits per heavy atom. The second-order valence-electron chi connectivity index (χ2n) is 3.68. The van der Waals surface area contributed by atoms with E-state index >= 15 is 0 Å². The molecular formula is C12H19N3O2. The monoisotopic (exact) mass is 237 g/mol. The number of carbonyl (C=O) groups is 1. The van der Waals surface area contributed by atoms with Crippen LogP contribution in [0.1, 0.15) is 18.3 Å². The number of aryl methyl sites for hydroxylation is 2. The van der Waals surface area contributed by atoms with Crippen LogP contribution in [0.15, 0.2) is 12.1 Å². The van der Waals surface area contributed by atoms with Crippen LogP contribution in [-0.2, 0) is 11.2 Å². The molecule has 0 saturated heterocycles. The number of aromatic nitrogens is 1. The van der Waals surface area contributed by atoms with Crippen molar-refractivity contribution in [2.45, 2.75) is 20.3 Å². The molecule has 0 radical (unpaired) electrons. The maximum atomic E-state index is 11.3. The molecule has 0 bridgehead atoms. The van der Waals surface area contributed by atoms with Crippen LogP contribution in [0.4, 0.5) is 0 Å². The quantitative estimate of drug-likeness (QED) is 0.751. The van der Waals surface area contributed by atoms with E-state index in [1.807, 2.05) is 26.0 Å². The minimum atomic E-state index is -0.168. The Morgan fingerprint density at radius 1 is 1.53 bits per heavy atom. The van der Waals surface area contributed by atoms with Crippen LogP contribution in [0.25, 0.3) is 0 Å². The van der Waals surface area contributed by atoms with Crippen LogP contribution < -0.4 is 15.8 Å². The Morgan fingerprint density at radius 2 is 2.29 bits per heavy atom. The van der Waals surface area contributed by atoms with Gasteiger partial charge in [-0.15, -0.1) is 0 Å². The molecule has 5 heteroatoms. The van der Waals surface area contributed by atoms with E-state index in [1.165, 1.54) is 0 Å². The summed E-state index contributed by atoms with van der Waals surface area (Å²) in [6.45, 7) is 4.82. The summed E-state index contributed by atoms with van der Waals surface area (Å²) >= 11 is 0. The number of hydrogen-bond donors (Lipinski definition) is 2. The average molecular weight is 237 g/mol. The summed E-state index contributed by atoms with van der Waals surface area (Å²) < 4.78 is 5.43. The highest BCUT2D eigenvalue weighted by atomic mass is 16.5. The minimum absolute atomic E-state index is 0.00224. The van der Waals surface area contributed by atoms with Gasteiger partial charge < -0.3 is 15.8 Å². The molecule has 3 N–H and O–H groups in total. The fourth-order valence-corrected chi connectivity index (χ4v) is 1.39. The molecule has 0 spiro atoms. The number of rotatable bonds is 6. The number of ether oxygens (including phenoxy) is 1. The van der Waals surface area contributed by atoms with Crippen LogP contribution >= 0.6 is 0 Å². The fourth-order valence-electron chi connectivity index (χ4n) is 1.39. The first-order valence-electron chi connectivity index (χ1n) is 5.73. The summed E-state index contributed by atoms with van der Waals surface area (Å²) in [5.41, 5.74) is 7.10. The van der Waals surface area contributed by atoms with Gasteiger partial charge in [-0.2, -0.15) is 0 Å². The Kier molecular flexibility index (Phi) is 5.42. The third-order valence-electron chi connectivity index (χ3n) is 2.23. The predicted octanol–water partition coefficient (Wildman–Crippen LogP) is 0.406. The Bertz CT molecular complexity index is 380. The largest absolute Gasteiger partial charge is 0.482 e. The molecule has 1 aromatic heterocycles. The highest BCUT2D eigenvalue weighted by Crippen LogP contribution is 2.17. The van der Waals surface area contributed by atoms with Crippen LogP contribution in [0, 0.1) is 6.92 Å². The standard InChI is InChI=1S/C12H19N3O2/c1-3-10-11(5-4-9(2)15-10)17-8-12(16)14-7-6-13/h4-5H,3,6-8,13H2,1-2H3,(H,14,16). The molecule has 0 fully saturated rings. The first-order chi connectivity index (χ1) is 8.17. The van der Waals surface area contributed by atoms with E-state index in [0.717, 1.165) is 17.8 Å². The van der Waals surface area contributed by atoms with E-state index in [-0.39, 0.29) is 12.5 Å². The van der Waals surface area contributed by atoms with Crippen molar-refractivity contribution < 1.29 is 9.53 Å². The summed E-state index contributed by atoms with van der Waals surface area (Å²) in [6, 6.07) is 3.71. The van der Waals surface area contributed by atoms with E-state index in [2.05, 4.69) is 10.3 Å². The molecule has 0 aliphatic carbocycles. The van der Waals surface area contributed by atoms with E-state index < -0.39 is 0 Å². The van der Waals surface area contributed by atoms with Gasteiger partial charge in [0.05, 0.1) is 5.69 Å². The lowest BCUT2D eigenvalue weighted by molar-refractivity contribution is -0.123. The van der Waals surface area contributed by atoms with Crippen LogP contribution in [0.3, 0.4) is 0 Å². The number of nitrogens with one attached hydrogen (secondary N) is 1. The zero-order valence-corrected chi connectivity index (χ0v) is 10.3. The predicted molar refractivity (Wildman–Crippen MR) is 65.9 cm³/mol. The maximum Gasteiger partial charge on any atom is 0.257 e. The van der Waals surface area contributed by atoms with Crippen molar-refractivity contribution in [3.8, 4) is 5.75 Å². The third kappa shape index (κ3) is 4.40. The van der Waals surface area contributed by atoms with E-state index in [0.29, 0.717) is 18.8 Å². The first-order valence-corrected chi connectivity index (χ1v) is 5.73. The lowest BCUT2D eigenvalue weighted by atomic mass is 10.2. The highest BCUT2D eigenvalue weighted by molar-refractivity contribution is 5.77. The Labute approximate surface area is 101 Å². The van der Waals surface area contributed by atoms with E-state index in [1.54, 1.807) is 0 Å². The molecule has 0 atom stereocenters. The lowest BCUT2D eigenvalue weighted by Crippen LogP contribution is -2.33. The number of nitrogens with two attached hydrogens (primary N) is 1. The van der Waals surface area contributed by atoms with Crippen LogP contribution in [0.2, 0.25) is 0 Å². The average Bonchev–Trinajstić information content (AvgIpc) is 2.34. The number of nitrogens with zero attached hydrogens (tertiary/aromatic N) is 1. The van der Waals surface area contributed by atoms with Gasteiger partial charge >= 0.3 is 0 Å². The molecule has 5 nitrogen and oxygen atoms in total. The second-order valence-corrected chi connectivity index (χ2v) is 3.68. The fraction of sp³-hybridized carbons (Fsp3) is 0.500. The van der Waals surface area contributed by atoms with E-state index in [9.17, 15) is 4.79 Å². The normalized spacial score (nSPS) is 10.1. The van der Waals surface area contributed by atoms with Crippen LogP contribution in [-0.4, -0.2) is 30.6 Å². The molecule has 17 heavy (non-hydrogen) atoms. The van der Waals surface area contributed by atoms with Crippen molar-refractivity contribution >= 4 is 5.91 Å². The number of carbonyl (C=O) groups excluding carboxylic acids is 1. The Hall–Kier alpha value is -1.62. The Balaban J connectivity index is 2.54. The molecule has 1 amide bonds. The molecule has 0 aliphatic heterocycles. The molecule has 1 heterocycles. The van der Waals surface area contributed by atoms with Gasteiger partial charge in [0.15, 0.2) is 6.61 Å². The summed E-state index contributed by atoms with van der Waals surface area (Å²) in [4.78, 5) is 15.7. The van der Waals surface area contributed by atoms with Gasteiger partial charge in [0.25, 0.3) is 5.91 Å². The first kappa shape index (κ1) is 13.4. The molecule has 0 saturated carbocycles. The van der Waals surface area contributed by atoms with Gasteiger partial charge in [0, 0.05) is 18.8 Å². The maximum absolute atomic E-state index is 11.3. The van der Waals surface area contributed by atoms with Gasteiger partial charge in [-0.05, 0) is 25.5 Å². The highest BCUT2D eigenvalue weighted by Gasteiger charge is 2.06. The summed E-state index contributed by atoms with van der Waals surface area (Å²) in [6.07, 6.45) is 0.779. The summed E-state index contributed by atoms with van der Waals surface area (Å²) in [7, 11) is 0. The van der Waals surface area contributed by atoms with Gasteiger partial charge in [-0.1, -0.05) is 6.92 Å². The lowest BCUT2D eigenvalue weighted by Gasteiger charge is -2.10. The zero-order valence-electron chi connectivity index (χ0n) is 10.3. The van der Waals surface area contributed by atoms with Crippen molar-refractivity contribution in [3.05, 3.63) is 23.5 Å². The van der Waals surface area contributed by atoms with Crippen molar-refractivity contribution in [2.75, 3.05) is 19.7 Å². The van der Waals surface area contributed by atoms with Crippen molar-refractivity contribution in [1.29, 1.82) is 0 Å². The number of hydrogen-bond acceptors (Lipinski definition) is 4. The van der Waals surface area contributed by atoms with Gasteiger partial charge in [0.1, 0.15) is 5.75 Å². The van der Waals surface area contributed by atoms with Crippen LogP contribution in [0.5, 0.6) is 5.75 Å². The second kappa shape index (κ2) is 6.85. The molecule has 0 aromatic carbocycles. The van der Waals surface area contributed by atoms with Crippen molar-refractivity contribution in [1.82, 2.24) is 10.3 Å². The molecule has 1 rings (SSSR count). The van der Waals surface area contributed by atoms with E-state index in [4.69, 9.17) is 10.5 Å². The number of pyridine rings is 1. The molecule has 0 aliphatic rings. The topological polar surface area (TPSA) is 77.2 Å². The molecular weight excluding hydrogens is 218 g/mol. The zero-order chi connectivity index (χ0) is 12.7. The third-order valence-corrected chi connectivity index (χ3v) is 2.23.